The lowest BCUT2D eigenvalue weighted by molar-refractivity contribution is 0.579. The van der Waals surface area contributed by atoms with Gasteiger partial charge in [-0.05, 0) is 30.2 Å². The maximum absolute atomic E-state index is 13.4. The van der Waals surface area contributed by atoms with Gasteiger partial charge < -0.3 is 0 Å². The first-order valence-corrected chi connectivity index (χ1v) is 7.60. The summed E-state index contributed by atoms with van der Waals surface area (Å²) < 4.78 is 39.8. The van der Waals surface area contributed by atoms with E-state index in [1.807, 2.05) is 0 Å². The molecule has 0 aliphatic rings. The van der Waals surface area contributed by atoms with Crippen molar-refractivity contribution in [2.45, 2.75) is 18.4 Å². The zero-order valence-corrected chi connectivity index (χ0v) is 12.2. The number of pyridine rings is 1. The van der Waals surface area contributed by atoms with Gasteiger partial charge in [0.1, 0.15) is 10.7 Å². The highest BCUT2D eigenvalue weighted by Gasteiger charge is 2.17. The maximum atomic E-state index is 13.4. The third-order valence-corrected chi connectivity index (χ3v) is 4.60. The fraction of sp³-hybridized carbons (Fsp3) is 0.154. The van der Waals surface area contributed by atoms with Crippen LogP contribution in [0.5, 0.6) is 0 Å². The van der Waals surface area contributed by atoms with Gasteiger partial charge in [-0.2, -0.15) is 0 Å². The van der Waals surface area contributed by atoms with Crippen molar-refractivity contribution in [3.8, 4) is 0 Å². The molecule has 1 heterocycles. The Morgan fingerprint density at radius 2 is 2.10 bits per heavy atom. The molecule has 2 aromatic rings. The van der Waals surface area contributed by atoms with E-state index in [0.29, 0.717) is 11.1 Å². The highest BCUT2D eigenvalue weighted by atomic mass is 35.5. The molecular formula is C13H12ClFN2O2S. The van der Waals surface area contributed by atoms with Gasteiger partial charge in [0.15, 0.2) is 0 Å². The second-order valence-electron chi connectivity index (χ2n) is 4.21. The molecule has 0 amide bonds. The molecule has 0 radical (unpaired) electrons. The number of halogens is 2. The molecule has 1 aromatic heterocycles. The van der Waals surface area contributed by atoms with E-state index in [0.717, 1.165) is 0 Å². The number of benzene rings is 1. The van der Waals surface area contributed by atoms with Crippen LogP contribution in [0.25, 0.3) is 0 Å². The fourth-order valence-corrected chi connectivity index (χ4v) is 3.01. The zero-order chi connectivity index (χ0) is 14.8. The summed E-state index contributed by atoms with van der Waals surface area (Å²) >= 11 is 5.82. The second-order valence-corrected chi connectivity index (χ2v) is 6.36. The SMILES string of the molecule is Cc1ccc(CNS(=O)(=O)c2cnccc2Cl)cc1F. The largest absolute Gasteiger partial charge is 0.263 e. The van der Waals surface area contributed by atoms with Crippen molar-refractivity contribution >= 4 is 21.6 Å². The van der Waals surface area contributed by atoms with Crippen LogP contribution < -0.4 is 4.72 Å². The molecule has 0 fully saturated rings. The fourth-order valence-electron chi connectivity index (χ4n) is 1.56. The van der Waals surface area contributed by atoms with Gasteiger partial charge in [-0.1, -0.05) is 23.7 Å². The van der Waals surface area contributed by atoms with Gasteiger partial charge in [-0.25, -0.2) is 17.5 Å². The topological polar surface area (TPSA) is 59.1 Å². The van der Waals surface area contributed by atoms with Gasteiger partial charge in [-0.15, -0.1) is 0 Å². The minimum absolute atomic E-state index is 0.0231. The van der Waals surface area contributed by atoms with Crippen LogP contribution in [0.1, 0.15) is 11.1 Å². The van der Waals surface area contributed by atoms with Crippen LogP contribution in [-0.4, -0.2) is 13.4 Å². The smallest absolute Gasteiger partial charge is 0.243 e. The lowest BCUT2D eigenvalue weighted by Crippen LogP contribution is -2.23. The molecule has 20 heavy (non-hydrogen) atoms. The van der Waals surface area contributed by atoms with Crippen molar-refractivity contribution in [2.75, 3.05) is 0 Å². The van der Waals surface area contributed by atoms with E-state index in [4.69, 9.17) is 11.6 Å². The molecule has 0 bridgehead atoms. The van der Waals surface area contributed by atoms with Gasteiger partial charge in [-0.3, -0.25) is 4.98 Å². The molecular weight excluding hydrogens is 303 g/mol. The van der Waals surface area contributed by atoms with Crippen LogP contribution in [0.4, 0.5) is 4.39 Å². The van der Waals surface area contributed by atoms with Gasteiger partial charge in [0.05, 0.1) is 5.02 Å². The molecule has 0 spiro atoms. The van der Waals surface area contributed by atoms with Crippen molar-refractivity contribution in [1.82, 2.24) is 9.71 Å². The molecule has 7 heteroatoms. The van der Waals surface area contributed by atoms with Crippen LogP contribution in [-0.2, 0) is 16.6 Å². The van der Waals surface area contributed by atoms with Crippen LogP contribution in [0, 0.1) is 12.7 Å². The van der Waals surface area contributed by atoms with E-state index in [1.54, 1.807) is 19.1 Å². The molecule has 0 unspecified atom stereocenters. The Bertz CT molecular complexity index is 735. The third-order valence-electron chi connectivity index (χ3n) is 2.73. The summed E-state index contributed by atoms with van der Waals surface area (Å²) in [6, 6.07) is 5.94. The number of nitrogens with one attached hydrogen (secondary N) is 1. The molecule has 2 rings (SSSR count). The number of rotatable bonds is 4. The number of nitrogens with zero attached hydrogens (tertiary/aromatic N) is 1. The molecule has 1 N–H and O–H groups in total. The Kier molecular flexibility index (Phi) is 4.37. The lowest BCUT2D eigenvalue weighted by Gasteiger charge is -2.08. The lowest BCUT2D eigenvalue weighted by atomic mass is 10.1. The summed E-state index contributed by atoms with van der Waals surface area (Å²) in [5.41, 5.74) is 1.03. The summed E-state index contributed by atoms with van der Waals surface area (Å²) in [6.07, 6.45) is 2.57. The monoisotopic (exact) mass is 314 g/mol. The van der Waals surface area contributed by atoms with E-state index in [9.17, 15) is 12.8 Å². The Labute approximate surface area is 121 Å². The number of aromatic nitrogens is 1. The van der Waals surface area contributed by atoms with E-state index >= 15 is 0 Å². The Balaban J connectivity index is 2.17. The highest BCUT2D eigenvalue weighted by Crippen LogP contribution is 2.19. The summed E-state index contributed by atoms with van der Waals surface area (Å²) in [5.74, 6) is -0.374. The van der Waals surface area contributed by atoms with Crippen molar-refractivity contribution in [3.05, 3.63) is 58.6 Å². The Morgan fingerprint density at radius 3 is 2.75 bits per heavy atom. The Hall–Kier alpha value is -1.50. The average Bonchev–Trinajstić information content (AvgIpc) is 2.40. The summed E-state index contributed by atoms with van der Waals surface area (Å²) in [4.78, 5) is 3.63. The standard InChI is InChI=1S/C13H12ClFN2O2S/c1-9-2-3-10(6-12(9)15)7-17-20(18,19)13-8-16-5-4-11(13)14/h2-6,8,17H,7H2,1H3. The summed E-state index contributed by atoms with van der Waals surface area (Å²) in [6.45, 7) is 1.61. The third kappa shape index (κ3) is 3.33. The molecule has 106 valence electrons. The molecule has 0 saturated carbocycles. The number of hydrogen-bond donors (Lipinski definition) is 1. The van der Waals surface area contributed by atoms with Gasteiger partial charge >= 0.3 is 0 Å². The number of aryl methyl sites for hydroxylation is 1. The van der Waals surface area contributed by atoms with Crippen molar-refractivity contribution in [2.24, 2.45) is 0 Å². The quantitative estimate of drug-likeness (QED) is 0.944. The molecule has 0 atom stereocenters. The summed E-state index contributed by atoms with van der Waals surface area (Å²) in [5, 5.41) is 0.0857. The molecule has 1 aromatic carbocycles. The van der Waals surface area contributed by atoms with Crippen LogP contribution in [0.2, 0.25) is 5.02 Å². The predicted molar refractivity (Wildman–Crippen MR) is 74.4 cm³/mol. The molecule has 4 nitrogen and oxygen atoms in total. The first-order valence-electron chi connectivity index (χ1n) is 5.74. The van der Waals surface area contributed by atoms with Crippen LogP contribution in [0.15, 0.2) is 41.6 Å². The first kappa shape index (κ1) is 14.9. The molecule has 0 aliphatic carbocycles. The predicted octanol–water partition coefficient (Wildman–Crippen LogP) is 2.66. The van der Waals surface area contributed by atoms with E-state index < -0.39 is 10.0 Å². The van der Waals surface area contributed by atoms with E-state index in [2.05, 4.69) is 9.71 Å². The summed E-state index contributed by atoms with van der Waals surface area (Å²) in [7, 11) is -3.78. The minimum Gasteiger partial charge on any atom is -0.263 e. The molecule has 0 aliphatic heterocycles. The maximum Gasteiger partial charge on any atom is 0.243 e. The second kappa shape index (κ2) is 5.87. The van der Waals surface area contributed by atoms with Crippen molar-refractivity contribution in [3.63, 3.8) is 0 Å². The first-order chi connectivity index (χ1) is 9.40. The van der Waals surface area contributed by atoms with Gasteiger partial charge in [0.25, 0.3) is 0 Å². The van der Waals surface area contributed by atoms with Crippen LogP contribution >= 0.6 is 11.6 Å². The van der Waals surface area contributed by atoms with Gasteiger partial charge in [0.2, 0.25) is 10.0 Å². The number of sulfonamides is 1. The minimum atomic E-state index is -3.78. The molecule has 0 saturated heterocycles. The van der Waals surface area contributed by atoms with E-state index in [1.165, 1.54) is 24.5 Å². The average molecular weight is 315 g/mol. The highest BCUT2D eigenvalue weighted by molar-refractivity contribution is 7.89. The van der Waals surface area contributed by atoms with Crippen molar-refractivity contribution < 1.29 is 12.8 Å². The van der Waals surface area contributed by atoms with Crippen LogP contribution in [0.3, 0.4) is 0 Å². The Morgan fingerprint density at radius 1 is 1.35 bits per heavy atom. The van der Waals surface area contributed by atoms with E-state index in [-0.39, 0.29) is 22.3 Å². The number of hydrogen-bond acceptors (Lipinski definition) is 3. The van der Waals surface area contributed by atoms with Crippen molar-refractivity contribution in [1.29, 1.82) is 0 Å². The zero-order valence-electron chi connectivity index (χ0n) is 10.6. The van der Waals surface area contributed by atoms with Gasteiger partial charge in [0, 0.05) is 18.9 Å². The normalized spacial score (nSPS) is 11.6.